The lowest BCUT2D eigenvalue weighted by Crippen LogP contribution is -2.43. The zero-order chi connectivity index (χ0) is 26.4. The van der Waals surface area contributed by atoms with Gasteiger partial charge in [0.2, 0.25) is 5.91 Å². The molecule has 4 rings (SSSR count). The molecule has 6 nitrogen and oxygen atoms in total. The minimum atomic E-state index is -0.580. The van der Waals surface area contributed by atoms with Gasteiger partial charge >= 0.3 is 0 Å². The minimum Gasteiger partial charge on any atom is -0.368 e. The zero-order valence-electron chi connectivity index (χ0n) is 20.8. The van der Waals surface area contributed by atoms with Crippen molar-refractivity contribution in [3.63, 3.8) is 0 Å². The van der Waals surface area contributed by atoms with Crippen molar-refractivity contribution in [3.05, 3.63) is 69.7 Å². The van der Waals surface area contributed by atoms with Gasteiger partial charge in [-0.15, -0.1) is 0 Å². The van der Waals surface area contributed by atoms with Crippen LogP contribution in [0.2, 0.25) is 0 Å². The van der Waals surface area contributed by atoms with E-state index in [1.165, 1.54) is 24.2 Å². The maximum absolute atomic E-state index is 13.9. The topological polar surface area (TPSA) is 90.4 Å². The number of nitrogens with zero attached hydrogens (tertiary/aromatic N) is 3. The molecule has 0 aromatic heterocycles. The number of fused-ring (bicyclic) bond motifs is 1. The highest BCUT2D eigenvalue weighted by molar-refractivity contribution is 6.44. The summed E-state index contributed by atoms with van der Waals surface area (Å²) in [6.07, 6.45) is 9.12. The molecule has 0 saturated carbocycles. The number of likely N-dealkylation sites (tertiary alicyclic amines) is 1. The summed E-state index contributed by atoms with van der Waals surface area (Å²) in [6.45, 7) is 3.21. The fourth-order valence-electron chi connectivity index (χ4n) is 5.39. The highest BCUT2D eigenvalue weighted by Gasteiger charge is 2.29. The van der Waals surface area contributed by atoms with Crippen LogP contribution in [0.1, 0.15) is 48.0 Å². The van der Waals surface area contributed by atoms with Crippen LogP contribution in [0.4, 0.5) is 0 Å². The minimum absolute atomic E-state index is 0.0467. The van der Waals surface area contributed by atoms with E-state index in [1.807, 2.05) is 36.4 Å². The van der Waals surface area contributed by atoms with Crippen LogP contribution < -0.4 is 5.73 Å². The van der Waals surface area contributed by atoms with Gasteiger partial charge in [0.05, 0.1) is 28.2 Å². The van der Waals surface area contributed by atoms with Crippen LogP contribution in [0.15, 0.2) is 58.6 Å². The number of rotatable bonds is 9. The van der Waals surface area contributed by atoms with Gasteiger partial charge in [-0.25, -0.2) is 0 Å². The third kappa shape index (κ3) is 6.93. The summed E-state index contributed by atoms with van der Waals surface area (Å²) in [5.41, 5.74) is 6.40. The summed E-state index contributed by atoms with van der Waals surface area (Å²) in [7, 11) is 0. The fraction of sp³-hybridized carbons (Fsp3) is 0.414. The van der Waals surface area contributed by atoms with Crippen LogP contribution in [0.5, 0.6) is 0 Å². The second-order valence-electron chi connectivity index (χ2n) is 9.93. The molecule has 0 radical (unpaired) electrons. The Labute approximate surface area is 228 Å². The van der Waals surface area contributed by atoms with Crippen LogP contribution in [0, 0.1) is 23.2 Å². The number of benzene rings is 2. The van der Waals surface area contributed by atoms with Gasteiger partial charge in [0, 0.05) is 12.1 Å². The van der Waals surface area contributed by atoms with Crippen molar-refractivity contribution in [2.75, 3.05) is 32.7 Å². The largest absolute Gasteiger partial charge is 0.368 e. The van der Waals surface area contributed by atoms with E-state index in [9.17, 15) is 14.9 Å². The summed E-state index contributed by atoms with van der Waals surface area (Å²) >= 11 is 12.6. The first-order valence-electron chi connectivity index (χ1n) is 12.8. The van der Waals surface area contributed by atoms with Gasteiger partial charge in [-0.05, 0) is 80.1 Å². The molecule has 8 heteroatoms. The van der Waals surface area contributed by atoms with Crippen LogP contribution in [-0.4, -0.2) is 54.3 Å². The Hall–Kier alpha value is -2.85. The molecular formula is C29H32Cl2N4O2. The molecule has 0 bridgehead atoms. The van der Waals surface area contributed by atoms with E-state index in [1.54, 1.807) is 12.1 Å². The van der Waals surface area contributed by atoms with E-state index in [0.717, 1.165) is 36.8 Å². The molecule has 1 heterocycles. The van der Waals surface area contributed by atoms with Crippen LogP contribution >= 0.6 is 23.2 Å². The van der Waals surface area contributed by atoms with Crippen molar-refractivity contribution in [3.8, 4) is 6.07 Å². The maximum Gasteiger partial charge on any atom is 0.255 e. The molecular weight excluding hydrogens is 507 g/mol. The first kappa shape index (κ1) is 27.2. The summed E-state index contributed by atoms with van der Waals surface area (Å²) in [5.74, 6) is -0.769. The lowest BCUT2D eigenvalue weighted by Gasteiger charge is -2.34. The average Bonchev–Trinajstić information content (AvgIpc) is 2.91. The van der Waals surface area contributed by atoms with Crippen LogP contribution in [0.25, 0.3) is 10.8 Å². The third-order valence-corrected chi connectivity index (χ3v) is 8.12. The number of amides is 2. The zero-order valence-corrected chi connectivity index (χ0v) is 22.3. The number of hydrogen-bond donors (Lipinski definition) is 1. The maximum atomic E-state index is 13.9. The molecule has 2 N–H and O–H groups in total. The Kier molecular flexibility index (Phi) is 9.26. The Morgan fingerprint density at radius 3 is 2.59 bits per heavy atom. The number of nitriles is 1. The van der Waals surface area contributed by atoms with E-state index in [0.29, 0.717) is 34.2 Å². The molecule has 194 valence electrons. The molecule has 1 aliphatic carbocycles. The second-order valence-corrected chi connectivity index (χ2v) is 10.7. The van der Waals surface area contributed by atoms with Gasteiger partial charge in [-0.2, -0.15) is 5.26 Å². The Morgan fingerprint density at radius 2 is 1.89 bits per heavy atom. The Balaban J connectivity index is 1.64. The highest BCUT2D eigenvalue weighted by Crippen LogP contribution is 2.34. The second kappa shape index (κ2) is 12.6. The number of primary amides is 1. The molecule has 1 unspecified atom stereocenters. The predicted octanol–water partition coefficient (Wildman–Crippen LogP) is 5.40. The van der Waals surface area contributed by atoms with Crippen LogP contribution in [0.3, 0.4) is 0 Å². The number of nitrogens with two attached hydrogens (primary N) is 1. The molecule has 2 aromatic carbocycles. The molecule has 37 heavy (non-hydrogen) atoms. The van der Waals surface area contributed by atoms with E-state index >= 15 is 0 Å². The fourth-order valence-corrected chi connectivity index (χ4v) is 5.78. The average molecular weight is 540 g/mol. The van der Waals surface area contributed by atoms with Gasteiger partial charge in [0.25, 0.3) is 5.91 Å². The van der Waals surface area contributed by atoms with Crippen molar-refractivity contribution in [2.24, 2.45) is 17.6 Å². The van der Waals surface area contributed by atoms with E-state index in [2.05, 4.69) is 11.0 Å². The summed E-state index contributed by atoms with van der Waals surface area (Å²) in [6, 6.07) is 13.0. The third-order valence-electron chi connectivity index (χ3n) is 7.34. The van der Waals surface area contributed by atoms with Gasteiger partial charge in [-0.1, -0.05) is 66.0 Å². The van der Waals surface area contributed by atoms with Gasteiger partial charge < -0.3 is 15.5 Å². The SMILES string of the molecule is N#Cc1cc(C(=O)N(CC(N)=O)C[C@@H](CCN2CCCCC2)C2C=C(Cl)C(Cl)=CC2)c2ccccc2c1. The number of allylic oxidation sites excluding steroid dienone is 4. The summed E-state index contributed by atoms with van der Waals surface area (Å²) in [4.78, 5) is 30.0. The lowest BCUT2D eigenvalue weighted by molar-refractivity contribution is -0.118. The molecule has 2 aromatic rings. The number of carbonyl (C=O) groups excluding carboxylic acids is 2. The molecule has 1 fully saturated rings. The number of hydrogen-bond acceptors (Lipinski definition) is 4. The quantitative estimate of drug-likeness (QED) is 0.462. The van der Waals surface area contributed by atoms with Gasteiger partial charge in [-0.3, -0.25) is 9.59 Å². The standard InChI is InChI=1S/C29H32Cl2N4O2/c30-26-9-8-21(16-27(26)31)23(10-13-34-11-4-1-5-12-34)18-35(19-28(33)36)29(37)25-15-20(17-32)14-22-6-2-3-7-24(22)25/h2-3,6-7,9,14-16,21,23H,1,4-5,8,10-13,18-19H2,(H2,33,36)/t21?,23-/m1/s1. The van der Waals surface area contributed by atoms with Crippen molar-refractivity contribution >= 4 is 45.8 Å². The summed E-state index contributed by atoms with van der Waals surface area (Å²) in [5, 5.41) is 12.1. The van der Waals surface area contributed by atoms with Crippen molar-refractivity contribution in [2.45, 2.75) is 32.1 Å². The van der Waals surface area contributed by atoms with E-state index in [-0.39, 0.29) is 24.3 Å². The molecule has 1 aliphatic heterocycles. The molecule has 0 spiro atoms. The van der Waals surface area contributed by atoms with Gasteiger partial charge in [0.15, 0.2) is 0 Å². The Bertz CT molecular complexity index is 1260. The van der Waals surface area contributed by atoms with Crippen molar-refractivity contribution < 1.29 is 9.59 Å². The number of halogens is 2. The molecule has 2 aliphatic rings. The normalized spacial score (nSPS) is 19.0. The van der Waals surface area contributed by atoms with Crippen molar-refractivity contribution in [1.29, 1.82) is 5.26 Å². The Morgan fingerprint density at radius 1 is 1.14 bits per heavy atom. The molecule has 1 saturated heterocycles. The predicted molar refractivity (Wildman–Crippen MR) is 148 cm³/mol. The molecule has 2 amide bonds. The first-order chi connectivity index (χ1) is 17.9. The van der Waals surface area contributed by atoms with E-state index < -0.39 is 5.91 Å². The number of piperidine rings is 1. The van der Waals surface area contributed by atoms with E-state index in [4.69, 9.17) is 28.9 Å². The smallest absolute Gasteiger partial charge is 0.255 e. The lowest BCUT2D eigenvalue weighted by atomic mass is 9.83. The number of carbonyl (C=O) groups is 2. The molecule has 2 atom stereocenters. The first-order valence-corrected chi connectivity index (χ1v) is 13.6. The van der Waals surface area contributed by atoms with Crippen LogP contribution in [-0.2, 0) is 4.79 Å². The summed E-state index contributed by atoms with van der Waals surface area (Å²) < 4.78 is 0. The highest BCUT2D eigenvalue weighted by atomic mass is 35.5. The van der Waals surface area contributed by atoms with Gasteiger partial charge in [0.1, 0.15) is 0 Å². The monoisotopic (exact) mass is 538 g/mol. The van der Waals surface area contributed by atoms with Crippen molar-refractivity contribution in [1.82, 2.24) is 9.80 Å².